The molecular formula is C17H20BrNO3. The van der Waals surface area contributed by atoms with Gasteiger partial charge in [0.1, 0.15) is 0 Å². The van der Waals surface area contributed by atoms with Crippen molar-refractivity contribution in [2.24, 2.45) is 5.92 Å². The molecule has 2 heterocycles. The zero-order valence-electron chi connectivity index (χ0n) is 12.5. The van der Waals surface area contributed by atoms with Gasteiger partial charge >= 0.3 is 0 Å². The van der Waals surface area contributed by atoms with Crippen molar-refractivity contribution in [2.45, 2.75) is 43.2 Å². The van der Waals surface area contributed by atoms with E-state index in [2.05, 4.69) is 11.9 Å². The van der Waals surface area contributed by atoms with E-state index in [1.807, 2.05) is 6.07 Å². The van der Waals surface area contributed by atoms with Crippen molar-refractivity contribution in [3.8, 4) is 11.5 Å². The van der Waals surface area contributed by atoms with Gasteiger partial charge in [-0.2, -0.15) is 0 Å². The van der Waals surface area contributed by atoms with Crippen LogP contribution in [0.4, 0.5) is 0 Å². The molecule has 0 radical (unpaired) electrons. The molecule has 2 aliphatic heterocycles. The number of carbonyl (C=O) groups is 1. The van der Waals surface area contributed by atoms with Gasteiger partial charge in [-0.05, 0) is 50.4 Å². The predicted molar refractivity (Wildman–Crippen MR) is 87.0 cm³/mol. The smallest absolute Gasteiger partial charge is 0.174 e. The summed E-state index contributed by atoms with van der Waals surface area (Å²) in [4.78, 5) is 14.9. The molecule has 1 aromatic rings. The van der Waals surface area contributed by atoms with Gasteiger partial charge in [-0.25, -0.2) is 0 Å². The molecule has 5 rings (SSSR count). The Morgan fingerprint density at radius 2 is 2.23 bits per heavy atom. The fourth-order valence-electron chi connectivity index (χ4n) is 5.52. The lowest BCUT2D eigenvalue weighted by Crippen LogP contribution is -2.65. The van der Waals surface area contributed by atoms with E-state index in [-0.39, 0.29) is 40.0 Å². The summed E-state index contributed by atoms with van der Waals surface area (Å²) in [5, 5.41) is 10.2. The van der Waals surface area contributed by atoms with E-state index in [0.717, 1.165) is 31.4 Å². The molecule has 2 bridgehead atoms. The van der Waals surface area contributed by atoms with E-state index in [1.54, 1.807) is 6.07 Å². The number of Topliss-reactive ketones (excluding diaryl/α,β-unsaturated/α-hetero) is 1. The second-order valence-corrected chi connectivity index (χ2v) is 7.10. The third kappa shape index (κ3) is 1.44. The molecule has 22 heavy (non-hydrogen) atoms. The Morgan fingerprint density at radius 1 is 1.41 bits per heavy atom. The van der Waals surface area contributed by atoms with E-state index in [4.69, 9.17) is 4.74 Å². The van der Waals surface area contributed by atoms with E-state index in [1.165, 1.54) is 5.56 Å². The quantitative estimate of drug-likeness (QED) is 0.765. The molecule has 0 amide bonds. The first kappa shape index (κ1) is 14.5. The number of likely N-dealkylation sites (tertiary alicyclic amines) is 1. The molecule has 4 atom stereocenters. The Kier molecular flexibility index (Phi) is 2.96. The highest BCUT2D eigenvalue weighted by atomic mass is 79.9. The first-order valence-electron chi connectivity index (χ1n) is 7.88. The largest absolute Gasteiger partial charge is 0.504 e. The van der Waals surface area contributed by atoms with Gasteiger partial charge in [0.25, 0.3) is 0 Å². The third-order valence-electron chi connectivity index (χ3n) is 6.39. The van der Waals surface area contributed by atoms with Gasteiger partial charge in [0, 0.05) is 23.4 Å². The summed E-state index contributed by atoms with van der Waals surface area (Å²) in [7, 11) is 2.20. The monoisotopic (exact) mass is 365 g/mol. The van der Waals surface area contributed by atoms with Crippen LogP contribution in [-0.2, 0) is 16.6 Å². The summed E-state index contributed by atoms with van der Waals surface area (Å²) in [6.45, 7) is 1.00. The summed E-state index contributed by atoms with van der Waals surface area (Å²) in [6, 6.07) is 4.26. The molecule has 1 aromatic carbocycles. The maximum absolute atomic E-state index is 12.5. The highest BCUT2D eigenvalue weighted by Crippen LogP contribution is 2.62. The fourth-order valence-corrected chi connectivity index (χ4v) is 5.52. The summed E-state index contributed by atoms with van der Waals surface area (Å²) >= 11 is 0. The Hall–Kier alpha value is -1.07. The van der Waals surface area contributed by atoms with Crippen molar-refractivity contribution in [1.29, 1.82) is 0 Å². The van der Waals surface area contributed by atoms with Crippen molar-refractivity contribution in [3.05, 3.63) is 23.3 Å². The van der Waals surface area contributed by atoms with Crippen LogP contribution in [0, 0.1) is 5.92 Å². The fraction of sp³-hybridized carbons (Fsp3) is 0.588. The van der Waals surface area contributed by atoms with Gasteiger partial charge in [0.05, 0.1) is 0 Å². The predicted octanol–water partition coefficient (Wildman–Crippen LogP) is 2.21. The molecule has 0 unspecified atom stereocenters. The number of likely N-dealkylation sites (N-methyl/N-ethyl adjacent to an activating group) is 1. The van der Waals surface area contributed by atoms with Gasteiger partial charge < -0.3 is 14.7 Å². The average molecular weight is 366 g/mol. The number of carbonyl (C=O) groups excluding carboxylic acids is 1. The minimum Gasteiger partial charge on any atom is -0.504 e. The van der Waals surface area contributed by atoms with Gasteiger partial charge in [-0.1, -0.05) is 6.07 Å². The number of halogens is 1. The van der Waals surface area contributed by atoms with Crippen LogP contribution >= 0.6 is 17.0 Å². The summed E-state index contributed by atoms with van der Waals surface area (Å²) < 4.78 is 6.04. The van der Waals surface area contributed by atoms with Gasteiger partial charge in [0.2, 0.25) is 0 Å². The van der Waals surface area contributed by atoms with Crippen LogP contribution in [0.2, 0.25) is 0 Å². The molecule has 1 saturated carbocycles. The van der Waals surface area contributed by atoms with Gasteiger partial charge in [0.15, 0.2) is 23.4 Å². The van der Waals surface area contributed by atoms with E-state index in [9.17, 15) is 9.90 Å². The zero-order valence-corrected chi connectivity index (χ0v) is 14.3. The highest BCUT2D eigenvalue weighted by Gasteiger charge is 2.65. The normalized spacial score (nSPS) is 38.0. The lowest BCUT2D eigenvalue weighted by molar-refractivity contribution is -0.138. The van der Waals surface area contributed by atoms with Crippen molar-refractivity contribution in [2.75, 3.05) is 13.6 Å². The Bertz CT molecular complexity index is 676. The number of hydrogen-bond donors (Lipinski definition) is 1. The number of hydrogen-bond acceptors (Lipinski definition) is 4. The minimum atomic E-state index is -0.366. The number of nitrogens with zero attached hydrogens (tertiary/aromatic N) is 1. The molecule has 5 heteroatoms. The molecule has 1 N–H and O–H groups in total. The number of phenols is 1. The lowest BCUT2D eigenvalue weighted by atomic mass is 9.52. The van der Waals surface area contributed by atoms with E-state index >= 15 is 0 Å². The van der Waals surface area contributed by atoms with Crippen LogP contribution < -0.4 is 4.74 Å². The van der Waals surface area contributed by atoms with Crippen molar-refractivity contribution >= 4 is 22.8 Å². The number of benzene rings is 1. The molecule has 2 aliphatic carbocycles. The summed E-state index contributed by atoms with van der Waals surface area (Å²) in [5.74, 6) is 1.50. The topological polar surface area (TPSA) is 49.8 Å². The SMILES string of the molecule is Br.CN1CC[C@]23c4c5ccc(O)c4O[C@H]2C(=O)CC[C@H]3[C@H]1C5. The van der Waals surface area contributed by atoms with E-state index < -0.39 is 0 Å². The molecular weight excluding hydrogens is 346 g/mol. The van der Waals surface area contributed by atoms with Crippen LogP contribution in [0.1, 0.15) is 30.4 Å². The van der Waals surface area contributed by atoms with Gasteiger partial charge in [-0.15, -0.1) is 17.0 Å². The minimum absolute atomic E-state index is 0. The molecule has 4 aliphatic rings. The maximum atomic E-state index is 12.5. The van der Waals surface area contributed by atoms with Crippen LogP contribution in [0.25, 0.3) is 0 Å². The second-order valence-electron chi connectivity index (χ2n) is 7.10. The molecule has 2 fully saturated rings. The maximum Gasteiger partial charge on any atom is 0.174 e. The Labute approximate surface area is 140 Å². The number of piperidine rings is 1. The number of phenolic OH excluding ortho intramolecular Hbond substituents is 1. The Morgan fingerprint density at radius 3 is 3.05 bits per heavy atom. The third-order valence-corrected chi connectivity index (χ3v) is 6.39. The standard InChI is InChI=1S/C17H19NO3.BrH/c1-18-7-6-17-10-3-5-13(20)16(17)21-15-12(19)4-2-9(14(15)17)8-11(10)18;/h2,4,10-11,16,19H,3,5-8H2,1H3;1H/t10-,11+,16-,17-;/m0./s1. The first-order chi connectivity index (χ1) is 10.1. The highest BCUT2D eigenvalue weighted by molar-refractivity contribution is 8.93. The molecule has 4 nitrogen and oxygen atoms in total. The number of rotatable bonds is 0. The first-order valence-corrected chi connectivity index (χ1v) is 7.88. The molecule has 0 aromatic heterocycles. The lowest BCUT2D eigenvalue weighted by Gasteiger charge is -2.57. The number of ketones is 1. The summed E-state index contributed by atoms with van der Waals surface area (Å²) in [6.07, 6.45) is 3.18. The molecule has 118 valence electrons. The van der Waals surface area contributed by atoms with Crippen LogP contribution in [0.15, 0.2) is 12.1 Å². The summed E-state index contributed by atoms with van der Waals surface area (Å²) in [5.41, 5.74) is 2.26. The molecule has 1 spiro atoms. The average Bonchev–Trinajstić information content (AvgIpc) is 2.83. The van der Waals surface area contributed by atoms with Crippen LogP contribution in [0.3, 0.4) is 0 Å². The number of aromatic hydroxyl groups is 1. The van der Waals surface area contributed by atoms with Crippen LogP contribution in [-0.4, -0.2) is 41.5 Å². The second kappa shape index (κ2) is 4.48. The Balaban J connectivity index is 0.00000125. The van der Waals surface area contributed by atoms with Crippen molar-refractivity contribution in [3.63, 3.8) is 0 Å². The number of ether oxygens (including phenoxy) is 1. The molecule has 1 saturated heterocycles. The van der Waals surface area contributed by atoms with Gasteiger partial charge in [-0.3, -0.25) is 4.79 Å². The van der Waals surface area contributed by atoms with E-state index in [0.29, 0.717) is 24.1 Å². The van der Waals surface area contributed by atoms with Crippen molar-refractivity contribution in [1.82, 2.24) is 4.90 Å². The zero-order chi connectivity index (χ0) is 14.4. The van der Waals surface area contributed by atoms with Crippen LogP contribution in [0.5, 0.6) is 11.5 Å². The van der Waals surface area contributed by atoms with Crippen molar-refractivity contribution < 1.29 is 14.6 Å².